The second-order valence-electron chi connectivity index (χ2n) is 9.63. The number of para-hydroxylation sites is 1. The van der Waals surface area contributed by atoms with Gasteiger partial charge in [0.2, 0.25) is 0 Å². The highest BCUT2D eigenvalue weighted by Crippen LogP contribution is 2.48. The predicted octanol–water partition coefficient (Wildman–Crippen LogP) is 5.80. The molecule has 0 radical (unpaired) electrons. The molecule has 190 valence electrons. The number of carbonyl (C=O) groups is 1. The molecule has 1 saturated heterocycles. The zero-order chi connectivity index (χ0) is 25.5. The van der Waals surface area contributed by atoms with E-state index in [1.807, 2.05) is 61.5 Å². The number of amides is 2. The molecule has 0 spiro atoms. The third kappa shape index (κ3) is 4.55. The maximum atomic E-state index is 13.5. The number of benzene rings is 2. The van der Waals surface area contributed by atoms with Crippen molar-refractivity contribution in [2.24, 2.45) is 0 Å². The normalized spacial score (nSPS) is 20.1. The first-order valence-corrected chi connectivity index (χ1v) is 13.3. The van der Waals surface area contributed by atoms with Crippen LogP contribution in [0.1, 0.15) is 36.4 Å². The molecule has 4 heterocycles. The number of hydrogen-bond donors (Lipinski definition) is 4. The lowest BCUT2D eigenvalue weighted by molar-refractivity contribution is 0.115. The Balaban J connectivity index is 1.32. The van der Waals surface area contributed by atoms with Gasteiger partial charge in [0, 0.05) is 18.3 Å². The van der Waals surface area contributed by atoms with Crippen LogP contribution in [0.4, 0.5) is 21.9 Å². The number of aryl methyl sites for hydroxylation is 1. The Kier molecular flexibility index (Phi) is 6.29. The highest BCUT2D eigenvalue weighted by atomic mass is 32.1. The fourth-order valence-electron chi connectivity index (χ4n) is 5.19. The zero-order valence-electron chi connectivity index (χ0n) is 20.7. The molecule has 2 aliphatic rings. The average Bonchev–Trinajstić information content (AvgIpc) is 3.25. The monoisotopic (exact) mass is 515 g/mol. The van der Waals surface area contributed by atoms with E-state index in [0.29, 0.717) is 22.4 Å². The summed E-state index contributed by atoms with van der Waals surface area (Å²) in [6, 6.07) is 17.5. The van der Waals surface area contributed by atoms with Crippen molar-refractivity contribution in [1.82, 2.24) is 15.6 Å². The Hall–Kier alpha value is -3.50. The molecular weight excluding hydrogens is 486 g/mol. The summed E-state index contributed by atoms with van der Waals surface area (Å²) in [5.41, 5.74) is 3.03. The number of aliphatic hydroxyl groups is 1. The molecule has 0 aliphatic carbocycles. The van der Waals surface area contributed by atoms with E-state index in [2.05, 4.69) is 27.9 Å². The molecule has 2 aliphatic heterocycles. The van der Waals surface area contributed by atoms with Crippen molar-refractivity contribution in [3.8, 4) is 11.5 Å². The van der Waals surface area contributed by atoms with Crippen LogP contribution in [-0.2, 0) is 0 Å². The topological polar surface area (TPSA) is 98.8 Å². The summed E-state index contributed by atoms with van der Waals surface area (Å²) < 4.78 is 5.97. The number of nitrogens with zero attached hydrogens (tertiary/aromatic N) is 2. The molecular formula is C28H29N5O3S. The summed E-state index contributed by atoms with van der Waals surface area (Å²) in [5, 5.41) is 21.8. The number of piperidine rings is 1. The Labute approximate surface area is 219 Å². The standard InChI is InChI=1S/C28H29N5O3S/c1-16-14-20(36-19-6-4-3-5-7-19)8-9-21(16)33-22-11-13-30-27-23(22)24(32-28(33)35)25(37-27)26(34)31-18-10-12-29-17(2)15-18/h3-9,11,13-14,17-18,26,29,31,34H,10,12,15H2,1-2H3,(H,32,35)/t17?,18-,26?/m1/s1. The number of anilines is 3. The summed E-state index contributed by atoms with van der Waals surface area (Å²) in [5.74, 6) is 1.45. The number of aromatic nitrogens is 1. The quantitative estimate of drug-likeness (QED) is 0.242. The van der Waals surface area contributed by atoms with Crippen molar-refractivity contribution in [3.63, 3.8) is 0 Å². The van der Waals surface area contributed by atoms with Crippen molar-refractivity contribution in [1.29, 1.82) is 0 Å². The highest BCUT2D eigenvalue weighted by Gasteiger charge is 2.34. The molecule has 9 heteroatoms. The number of nitrogens with one attached hydrogen (secondary N) is 3. The summed E-state index contributed by atoms with van der Waals surface area (Å²) in [7, 11) is 0. The second kappa shape index (κ2) is 9.75. The Morgan fingerprint density at radius 1 is 1.16 bits per heavy atom. The van der Waals surface area contributed by atoms with Gasteiger partial charge in [-0.3, -0.25) is 10.2 Å². The number of rotatable bonds is 6. The molecule has 0 saturated carbocycles. The summed E-state index contributed by atoms with van der Waals surface area (Å²) in [4.78, 5) is 21.2. The summed E-state index contributed by atoms with van der Waals surface area (Å²) in [6.07, 6.45) is 2.70. The molecule has 6 rings (SSSR count). The van der Waals surface area contributed by atoms with Crippen LogP contribution in [0.15, 0.2) is 60.8 Å². The van der Waals surface area contributed by atoms with Gasteiger partial charge in [-0.1, -0.05) is 18.2 Å². The fraction of sp³-hybridized carbons (Fsp3) is 0.286. The number of carbonyl (C=O) groups excluding carboxylic acids is 1. The van der Waals surface area contributed by atoms with E-state index in [4.69, 9.17) is 4.74 Å². The van der Waals surface area contributed by atoms with E-state index in [-0.39, 0.29) is 12.1 Å². The van der Waals surface area contributed by atoms with Crippen LogP contribution in [-0.4, -0.2) is 34.8 Å². The molecule has 2 aromatic heterocycles. The zero-order valence-corrected chi connectivity index (χ0v) is 21.5. The van der Waals surface area contributed by atoms with Crippen LogP contribution in [0.3, 0.4) is 0 Å². The van der Waals surface area contributed by atoms with Gasteiger partial charge in [-0.15, -0.1) is 11.3 Å². The third-order valence-corrected chi connectivity index (χ3v) is 8.08. The smallest absolute Gasteiger partial charge is 0.331 e. The molecule has 2 amide bonds. The number of aliphatic hydroxyl groups excluding tert-OH is 1. The maximum absolute atomic E-state index is 13.5. The third-order valence-electron chi connectivity index (χ3n) is 6.93. The molecule has 0 bridgehead atoms. The minimum atomic E-state index is -0.889. The molecule has 4 N–H and O–H groups in total. The number of pyridine rings is 1. The van der Waals surface area contributed by atoms with Crippen molar-refractivity contribution in [2.45, 2.75) is 45.0 Å². The largest absolute Gasteiger partial charge is 0.457 e. The molecule has 37 heavy (non-hydrogen) atoms. The number of thiophene rings is 1. The van der Waals surface area contributed by atoms with E-state index in [1.54, 1.807) is 11.1 Å². The van der Waals surface area contributed by atoms with Gasteiger partial charge >= 0.3 is 6.03 Å². The molecule has 1 fully saturated rings. The van der Waals surface area contributed by atoms with E-state index < -0.39 is 6.23 Å². The molecule has 2 aromatic carbocycles. The molecule has 8 nitrogen and oxygen atoms in total. The van der Waals surface area contributed by atoms with Crippen LogP contribution in [0.5, 0.6) is 11.5 Å². The van der Waals surface area contributed by atoms with Crippen LogP contribution >= 0.6 is 11.3 Å². The Bertz CT molecular complexity index is 1460. The van der Waals surface area contributed by atoms with Crippen molar-refractivity contribution >= 4 is 44.6 Å². The lowest BCUT2D eigenvalue weighted by atomic mass is 10.0. The Morgan fingerprint density at radius 2 is 2.00 bits per heavy atom. The lowest BCUT2D eigenvalue weighted by Gasteiger charge is -2.32. The molecule has 2 unspecified atom stereocenters. The number of ether oxygens (including phenoxy) is 1. The van der Waals surface area contributed by atoms with Crippen molar-refractivity contribution < 1.29 is 14.6 Å². The van der Waals surface area contributed by atoms with Gasteiger partial charge in [0.05, 0.1) is 27.3 Å². The minimum absolute atomic E-state index is 0.200. The van der Waals surface area contributed by atoms with Gasteiger partial charge in [-0.2, -0.15) is 0 Å². The molecule has 3 atom stereocenters. The van der Waals surface area contributed by atoms with E-state index in [9.17, 15) is 9.90 Å². The second-order valence-corrected chi connectivity index (χ2v) is 10.7. The SMILES string of the molecule is Cc1cc(Oc2ccccc2)ccc1N1C(=O)Nc2c(C(O)N[C@@H]3CCNC(C)C3)sc3nccc1c23. The van der Waals surface area contributed by atoms with Gasteiger partial charge in [0.25, 0.3) is 0 Å². The minimum Gasteiger partial charge on any atom is -0.457 e. The first-order chi connectivity index (χ1) is 18.0. The number of hydrogen-bond acceptors (Lipinski definition) is 7. The van der Waals surface area contributed by atoms with Crippen LogP contribution < -0.4 is 25.6 Å². The summed E-state index contributed by atoms with van der Waals surface area (Å²) in [6.45, 7) is 5.02. The molecule has 4 aromatic rings. The van der Waals surface area contributed by atoms with Crippen molar-refractivity contribution in [3.05, 3.63) is 71.2 Å². The average molecular weight is 516 g/mol. The van der Waals surface area contributed by atoms with Crippen LogP contribution in [0.2, 0.25) is 0 Å². The van der Waals surface area contributed by atoms with E-state index >= 15 is 0 Å². The van der Waals surface area contributed by atoms with Crippen molar-refractivity contribution in [2.75, 3.05) is 16.8 Å². The van der Waals surface area contributed by atoms with Gasteiger partial charge in [0.1, 0.15) is 22.6 Å². The van der Waals surface area contributed by atoms with E-state index in [0.717, 1.165) is 52.3 Å². The first kappa shape index (κ1) is 23.9. The fourth-order valence-corrected chi connectivity index (χ4v) is 6.25. The van der Waals surface area contributed by atoms with Gasteiger partial charge in [-0.05, 0) is 75.2 Å². The first-order valence-electron chi connectivity index (χ1n) is 12.5. The maximum Gasteiger partial charge on any atom is 0.331 e. The van der Waals surface area contributed by atoms with Crippen LogP contribution in [0, 0.1) is 6.92 Å². The van der Waals surface area contributed by atoms with Gasteiger partial charge in [-0.25, -0.2) is 9.78 Å². The predicted molar refractivity (Wildman–Crippen MR) is 147 cm³/mol. The van der Waals surface area contributed by atoms with Gasteiger partial charge in [0.15, 0.2) is 0 Å². The van der Waals surface area contributed by atoms with Gasteiger partial charge < -0.3 is 20.5 Å². The van der Waals surface area contributed by atoms with E-state index in [1.165, 1.54) is 11.3 Å². The summed E-state index contributed by atoms with van der Waals surface area (Å²) >= 11 is 1.41. The highest BCUT2D eigenvalue weighted by molar-refractivity contribution is 7.19. The number of urea groups is 1. The Morgan fingerprint density at radius 3 is 2.78 bits per heavy atom. The lowest BCUT2D eigenvalue weighted by Crippen LogP contribution is -2.45. The van der Waals surface area contributed by atoms with Crippen LogP contribution in [0.25, 0.3) is 10.2 Å².